The molecule has 0 saturated heterocycles. The molecule has 0 spiro atoms. The molecule has 5 heteroatoms. The van der Waals surface area contributed by atoms with E-state index in [2.05, 4.69) is 9.97 Å². The van der Waals surface area contributed by atoms with Crippen LogP contribution in [0.15, 0.2) is 10.9 Å². The molecule has 1 aromatic rings. The van der Waals surface area contributed by atoms with E-state index in [4.69, 9.17) is 9.47 Å². The second kappa shape index (κ2) is 4.15. The predicted octanol–water partition coefficient (Wildman–Crippen LogP) is 0.370. The van der Waals surface area contributed by atoms with Crippen LogP contribution < -0.4 is 5.56 Å². The topological polar surface area (TPSA) is 64.2 Å². The zero-order valence-corrected chi connectivity index (χ0v) is 7.83. The highest BCUT2D eigenvalue weighted by Gasteiger charge is 2.11. The van der Waals surface area contributed by atoms with Crippen LogP contribution in [0.25, 0.3) is 0 Å². The van der Waals surface area contributed by atoms with E-state index in [-0.39, 0.29) is 5.56 Å². The maximum Gasteiger partial charge on any atom is 0.251 e. The van der Waals surface area contributed by atoms with E-state index in [1.807, 2.05) is 0 Å². The summed E-state index contributed by atoms with van der Waals surface area (Å²) in [5.74, 6) is 0.384. The van der Waals surface area contributed by atoms with Crippen LogP contribution >= 0.6 is 0 Å². The Kier molecular flexibility index (Phi) is 3.16. The van der Waals surface area contributed by atoms with E-state index >= 15 is 0 Å². The van der Waals surface area contributed by atoms with E-state index in [1.54, 1.807) is 6.92 Å². The lowest BCUT2D eigenvalue weighted by molar-refractivity contribution is -0.111. The van der Waals surface area contributed by atoms with E-state index in [0.717, 1.165) is 0 Å². The third kappa shape index (κ3) is 2.37. The Morgan fingerprint density at radius 1 is 1.46 bits per heavy atom. The number of nitrogens with zero attached hydrogens (tertiary/aromatic N) is 1. The molecule has 0 atom stereocenters. The molecule has 72 valence electrons. The first-order valence-electron chi connectivity index (χ1n) is 3.81. The molecular weight excluding hydrogens is 172 g/mol. The summed E-state index contributed by atoms with van der Waals surface area (Å²) in [6.07, 6.45) is -0.618. The molecule has 0 aliphatic rings. The quantitative estimate of drug-likeness (QED) is 0.689. The number of methoxy groups -OCH3 is 2. The van der Waals surface area contributed by atoms with Crippen molar-refractivity contribution in [1.29, 1.82) is 0 Å². The second-order valence-corrected chi connectivity index (χ2v) is 2.58. The predicted molar refractivity (Wildman–Crippen MR) is 46.4 cm³/mol. The van der Waals surface area contributed by atoms with Crippen molar-refractivity contribution in [1.82, 2.24) is 9.97 Å². The van der Waals surface area contributed by atoms with Gasteiger partial charge in [0.1, 0.15) is 0 Å². The highest BCUT2D eigenvalue weighted by Crippen LogP contribution is 2.10. The minimum atomic E-state index is -0.618. The summed E-state index contributed by atoms with van der Waals surface area (Å²) in [7, 11) is 2.97. The van der Waals surface area contributed by atoms with Crippen molar-refractivity contribution in [2.45, 2.75) is 13.2 Å². The molecule has 13 heavy (non-hydrogen) atoms. The van der Waals surface area contributed by atoms with Crippen LogP contribution in [0.2, 0.25) is 0 Å². The van der Waals surface area contributed by atoms with Crippen molar-refractivity contribution in [3.8, 4) is 0 Å². The van der Waals surface area contributed by atoms with E-state index in [0.29, 0.717) is 11.5 Å². The van der Waals surface area contributed by atoms with Gasteiger partial charge in [0, 0.05) is 26.0 Å². The summed E-state index contributed by atoms with van der Waals surface area (Å²) in [6.45, 7) is 1.74. The lowest BCUT2D eigenvalue weighted by atomic mass is 10.4. The van der Waals surface area contributed by atoms with Gasteiger partial charge in [-0.05, 0) is 6.92 Å². The molecule has 0 unspecified atom stereocenters. The number of hydrogen-bond acceptors (Lipinski definition) is 4. The van der Waals surface area contributed by atoms with Crippen molar-refractivity contribution in [3.63, 3.8) is 0 Å². The number of rotatable bonds is 3. The fourth-order valence-corrected chi connectivity index (χ4v) is 1.03. The summed E-state index contributed by atoms with van der Waals surface area (Å²) in [6, 6.07) is 1.41. The van der Waals surface area contributed by atoms with E-state index < -0.39 is 6.29 Å². The van der Waals surface area contributed by atoms with Crippen LogP contribution in [0, 0.1) is 6.92 Å². The largest absolute Gasteiger partial charge is 0.349 e. The van der Waals surface area contributed by atoms with Crippen molar-refractivity contribution in [2.24, 2.45) is 0 Å². The highest BCUT2D eigenvalue weighted by molar-refractivity contribution is 5.00. The van der Waals surface area contributed by atoms with Gasteiger partial charge in [-0.2, -0.15) is 0 Å². The minimum absolute atomic E-state index is 0.207. The second-order valence-electron chi connectivity index (χ2n) is 2.58. The molecule has 0 saturated carbocycles. The average Bonchev–Trinajstić information content (AvgIpc) is 2.04. The molecule has 5 nitrogen and oxygen atoms in total. The van der Waals surface area contributed by atoms with Crippen molar-refractivity contribution in [3.05, 3.63) is 27.9 Å². The van der Waals surface area contributed by atoms with Gasteiger partial charge in [0.05, 0.1) is 0 Å². The number of ether oxygens (including phenoxy) is 2. The summed E-state index contributed by atoms with van der Waals surface area (Å²) >= 11 is 0. The third-order valence-corrected chi connectivity index (χ3v) is 1.54. The van der Waals surface area contributed by atoms with Crippen LogP contribution in [0.5, 0.6) is 0 Å². The maximum atomic E-state index is 11.0. The fourth-order valence-electron chi connectivity index (χ4n) is 1.03. The van der Waals surface area contributed by atoms with Crippen molar-refractivity contribution >= 4 is 0 Å². The molecule has 0 amide bonds. The Morgan fingerprint density at radius 3 is 2.54 bits per heavy atom. The van der Waals surface area contributed by atoms with Crippen molar-refractivity contribution in [2.75, 3.05) is 14.2 Å². The first-order chi connectivity index (χ1) is 6.17. The van der Waals surface area contributed by atoms with Crippen LogP contribution in [0.4, 0.5) is 0 Å². The molecule has 0 aromatic carbocycles. The third-order valence-electron chi connectivity index (χ3n) is 1.54. The molecule has 1 heterocycles. The number of aryl methyl sites for hydroxylation is 1. The summed E-state index contributed by atoms with van der Waals surface area (Å²) in [5.41, 5.74) is 0.430. The van der Waals surface area contributed by atoms with Gasteiger partial charge in [-0.25, -0.2) is 4.98 Å². The fraction of sp³-hybridized carbons (Fsp3) is 0.500. The molecular formula is C8H12N2O3. The lowest BCUT2D eigenvalue weighted by Crippen LogP contribution is -2.16. The maximum absolute atomic E-state index is 11.0. The molecule has 0 bridgehead atoms. The summed E-state index contributed by atoms with van der Waals surface area (Å²) < 4.78 is 9.88. The Bertz CT molecular complexity index is 330. The number of aromatic nitrogens is 2. The van der Waals surface area contributed by atoms with Gasteiger partial charge >= 0.3 is 0 Å². The average molecular weight is 184 g/mol. The van der Waals surface area contributed by atoms with Crippen molar-refractivity contribution < 1.29 is 9.47 Å². The number of hydrogen-bond donors (Lipinski definition) is 1. The molecule has 1 rings (SSSR count). The van der Waals surface area contributed by atoms with Gasteiger partial charge in [-0.1, -0.05) is 0 Å². The lowest BCUT2D eigenvalue weighted by Gasteiger charge is -2.11. The summed E-state index contributed by atoms with van der Waals surface area (Å²) in [5, 5.41) is 0. The molecule has 0 radical (unpaired) electrons. The van der Waals surface area contributed by atoms with Crippen LogP contribution in [0.3, 0.4) is 0 Å². The van der Waals surface area contributed by atoms with Crippen LogP contribution in [0.1, 0.15) is 17.8 Å². The van der Waals surface area contributed by atoms with Gasteiger partial charge in [0.25, 0.3) is 5.56 Å². The minimum Gasteiger partial charge on any atom is -0.349 e. The first-order valence-corrected chi connectivity index (χ1v) is 3.81. The smallest absolute Gasteiger partial charge is 0.251 e. The number of aromatic amines is 1. The Labute approximate surface area is 75.7 Å². The van der Waals surface area contributed by atoms with Gasteiger partial charge in [0.2, 0.25) is 6.29 Å². The molecule has 0 aliphatic heterocycles. The Balaban J connectivity index is 3.06. The van der Waals surface area contributed by atoms with Gasteiger partial charge in [-0.15, -0.1) is 0 Å². The molecule has 0 fully saturated rings. The first kappa shape index (κ1) is 9.88. The van der Waals surface area contributed by atoms with Gasteiger partial charge in [0.15, 0.2) is 5.82 Å². The Morgan fingerprint density at radius 2 is 2.08 bits per heavy atom. The van der Waals surface area contributed by atoms with Gasteiger partial charge in [-0.3, -0.25) is 4.79 Å². The molecule has 1 N–H and O–H groups in total. The highest BCUT2D eigenvalue weighted by atomic mass is 16.7. The Hall–Kier alpha value is -1.20. The van der Waals surface area contributed by atoms with E-state index in [9.17, 15) is 4.79 Å². The normalized spacial score (nSPS) is 10.8. The summed E-state index contributed by atoms with van der Waals surface area (Å²) in [4.78, 5) is 17.6. The zero-order valence-electron chi connectivity index (χ0n) is 7.83. The SMILES string of the molecule is COC(OC)c1nc(C)cc(=O)[nH]1. The van der Waals surface area contributed by atoms with Crippen LogP contribution in [-0.4, -0.2) is 24.2 Å². The standard InChI is InChI=1S/C8H12N2O3/c1-5-4-6(11)10-7(9-5)8(12-2)13-3/h4,8H,1-3H3,(H,9,10,11). The van der Waals surface area contributed by atoms with E-state index in [1.165, 1.54) is 20.3 Å². The number of H-pyrrole nitrogens is 1. The number of nitrogens with one attached hydrogen (secondary N) is 1. The van der Waals surface area contributed by atoms with Gasteiger partial charge < -0.3 is 14.5 Å². The monoisotopic (exact) mass is 184 g/mol. The molecule has 1 aromatic heterocycles. The van der Waals surface area contributed by atoms with Crippen LogP contribution in [-0.2, 0) is 9.47 Å². The molecule has 0 aliphatic carbocycles. The zero-order chi connectivity index (χ0) is 9.84.